The molecule has 26 nitrogen and oxygen atoms in total. The molecule has 1 unspecified atom stereocenters. The van der Waals surface area contributed by atoms with Crippen LogP contribution in [0.1, 0.15) is 127 Å². The summed E-state index contributed by atoms with van der Waals surface area (Å²) in [5.41, 5.74) is 11.0. The summed E-state index contributed by atoms with van der Waals surface area (Å²) < 4.78 is 0. The summed E-state index contributed by atoms with van der Waals surface area (Å²) in [6, 6.07) is -9.10. The lowest BCUT2D eigenvalue weighted by Crippen LogP contribution is -2.63. The van der Waals surface area contributed by atoms with Crippen LogP contribution in [0.5, 0.6) is 0 Å². The Morgan fingerprint density at radius 1 is 0.645 bits per heavy atom. The Kier molecular flexibility index (Phi) is 27.7. The monoisotopic (exact) mass is 1080 g/mol. The van der Waals surface area contributed by atoms with Gasteiger partial charge in [0, 0.05) is 40.2 Å². The zero-order valence-electron chi connectivity index (χ0n) is 46.4. The van der Waals surface area contributed by atoms with Crippen molar-refractivity contribution in [2.75, 3.05) is 46.3 Å². The number of aliphatic imine (C=N–C) groups is 1. The van der Waals surface area contributed by atoms with Crippen molar-refractivity contribution in [3.63, 3.8) is 0 Å². The highest BCUT2D eigenvalue weighted by atomic mass is 16.3. The first kappa shape index (κ1) is 65.5. The smallest absolute Gasteiger partial charge is 0.245 e. The third-order valence-electron chi connectivity index (χ3n) is 13.8. The fourth-order valence-electron chi connectivity index (χ4n) is 8.75. The number of aliphatic hydroxyl groups excluding tert-OH is 1. The van der Waals surface area contributed by atoms with Gasteiger partial charge >= 0.3 is 0 Å². The van der Waals surface area contributed by atoms with Gasteiger partial charge < -0.3 is 73.8 Å². The number of likely N-dealkylation sites (N-methyl/N-ethyl adjacent to an activating group) is 2. The number of guanidine groups is 1. The highest BCUT2D eigenvalue weighted by Gasteiger charge is 2.41. The molecule has 430 valence electrons. The minimum atomic E-state index is -1.64. The van der Waals surface area contributed by atoms with Gasteiger partial charge in [-0.05, 0) is 70.1 Å². The lowest BCUT2D eigenvalue weighted by atomic mass is 9.95. The van der Waals surface area contributed by atoms with E-state index in [9.17, 15) is 57.8 Å². The van der Waals surface area contributed by atoms with Gasteiger partial charge in [0.25, 0.3) is 0 Å². The van der Waals surface area contributed by atoms with E-state index in [4.69, 9.17) is 11.5 Å². The number of likely N-dealkylation sites (tertiary alicyclic amines) is 2. The van der Waals surface area contributed by atoms with E-state index in [2.05, 4.69) is 47.5 Å². The molecule has 2 fully saturated rings. The second kappa shape index (κ2) is 32.1. The fraction of sp³-hybridized carbons (Fsp3) is 0.760. The molecule has 2 aliphatic rings. The lowest BCUT2D eigenvalue weighted by molar-refractivity contribution is -0.151. The van der Waals surface area contributed by atoms with Crippen LogP contribution < -0.4 is 54.0 Å². The minimum absolute atomic E-state index is 0.0741. The molecule has 0 bridgehead atoms. The summed E-state index contributed by atoms with van der Waals surface area (Å²) in [5, 5.41) is 32.0. The number of aliphatic hydroxyl groups is 1. The van der Waals surface area contributed by atoms with Crippen molar-refractivity contribution < 1.29 is 57.8 Å². The number of hydrogen-bond donors (Lipinski definition) is 11. The zero-order valence-corrected chi connectivity index (χ0v) is 46.4. The Morgan fingerprint density at radius 3 is 1.71 bits per heavy atom. The van der Waals surface area contributed by atoms with Crippen molar-refractivity contribution in [2.45, 2.75) is 181 Å². The van der Waals surface area contributed by atoms with E-state index in [0.717, 1.165) is 4.90 Å². The Hall–Kier alpha value is -6.60. The molecule has 13 N–H and O–H groups in total. The van der Waals surface area contributed by atoms with Gasteiger partial charge in [-0.1, -0.05) is 67.7 Å². The molecule has 0 aliphatic carbocycles. The molecule has 0 aromatic carbocycles. The van der Waals surface area contributed by atoms with Crippen molar-refractivity contribution in [2.24, 2.45) is 34.2 Å². The molecule has 2 rings (SSSR count). The van der Waals surface area contributed by atoms with Gasteiger partial charge in [-0.2, -0.15) is 0 Å². The molecule has 26 heteroatoms. The second-order valence-corrected chi connectivity index (χ2v) is 20.2. The van der Waals surface area contributed by atoms with Gasteiger partial charge in [0.05, 0.1) is 19.2 Å². The minimum Gasteiger partial charge on any atom is -0.391 e. The number of nitrogens with zero attached hydrogens (tertiary/aromatic N) is 4. The topological polar surface area (TPSA) is 378 Å². The van der Waals surface area contributed by atoms with Crippen molar-refractivity contribution in [3.8, 4) is 0 Å². The van der Waals surface area contributed by atoms with Gasteiger partial charge in [0.15, 0.2) is 5.96 Å². The van der Waals surface area contributed by atoms with E-state index < -0.39 is 132 Å². The van der Waals surface area contributed by atoms with E-state index in [0.29, 0.717) is 64.6 Å². The number of hydrogen-bond acceptors (Lipinski definition) is 13. The van der Waals surface area contributed by atoms with E-state index in [1.54, 1.807) is 48.5 Å². The summed E-state index contributed by atoms with van der Waals surface area (Å²) in [5.74, 6) is -8.53. The predicted molar refractivity (Wildman–Crippen MR) is 282 cm³/mol. The maximum atomic E-state index is 14.2. The van der Waals surface area contributed by atoms with Gasteiger partial charge in [-0.15, -0.1) is 0 Å². The summed E-state index contributed by atoms with van der Waals surface area (Å²) in [4.78, 5) is 155. The SMILES string of the molecule is CCC[C@H](NC(=O)[C@@H](NC(=O)[C@H](NC(=O)[C@@H](NC(=O)CNC(=O)CN(C)C(=O)C1CCN1C(C)=O)C(C)C)[C@@H](C)CC)[C@@H](C)O)C(=O)N[C@H](C(=O)N[C@@H](CCCN=C(N)N)C(=O)N1CCC[C@H]1C(=O)NCC)[C@@H](C)CC. The van der Waals surface area contributed by atoms with Crippen LogP contribution in [0.3, 0.4) is 0 Å². The van der Waals surface area contributed by atoms with Gasteiger partial charge in [-0.3, -0.25) is 57.7 Å². The number of nitrogens with one attached hydrogen (secondary N) is 8. The van der Waals surface area contributed by atoms with Crippen LogP contribution in [0, 0.1) is 17.8 Å². The molecule has 0 radical (unpaired) electrons. The van der Waals surface area contributed by atoms with Gasteiger partial charge in [-0.25, -0.2) is 0 Å². The van der Waals surface area contributed by atoms with Crippen molar-refractivity contribution in [1.29, 1.82) is 0 Å². The average Bonchev–Trinajstić information content (AvgIpc) is 3.84. The summed E-state index contributed by atoms with van der Waals surface area (Å²) in [7, 11) is 1.40. The van der Waals surface area contributed by atoms with Crippen LogP contribution in [-0.2, 0) is 52.7 Å². The summed E-state index contributed by atoms with van der Waals surface area (Å²) in [6.07, 6.45) is 1.60. The van der Waals surface area contributed by atoms with Crippen molar-refractivity contribution >= 4 is 70.9 Å². The second-order valence-electron chi connectivity index (χ2n) is 20.2. The zero-order chi connectivity index (χ0) is 57.6. The number of carbonyl (C=O) groups excluding carboxylic acids is 11. The normalized spacial score (nSPS) is 18.5. The highest BCUT2D eigenvalue weighted by Crippen LogP contribution is 2.22. The predicted octanol–water partition coefficient (Wildman–Crippen LogP) is -2.80. The number of rotatable bonds is 31. The number of carbonyl (C=O) groups is 11. The Bertz CT molecular complexity index is 2070. The first-order valence-electron chi connectivity index (χ1n) is 26.7. The van der Waals surface area contributed by atoms with Gasteiger partial charge in [0.2, 0.25) is 65.0 Å². The molecular formula is C50H88N14O12. The Balaban J connectivity index is 2.22. The van der Waals surface area contributed by atoms with E-state index in [1.165, 1.54) is 30.7 Å². The average molecular weight is 1080 g/mol. The van der Waals surface area contributed by atoms with Crippen LogP contribution in [0.2, 0.25) is 0 Å². The molecule has 11 amide bonds. The van der Waals surface area contributed by atoms with E-state index in [1.807, 2.05) is 6.92 Å². The first-order valence-corrected chi connectivity index (χ1v) is 26.7. The number of amides is 11. The maximum Gasteiger partial charge on any atom is 0.245 e. The van der Waals surface area contributed by atoms with Crippen molar-refractivity contribution in [1.82, 2.24) is 57.2 Å². The van der Waals surface area contributed by atoms with Gasteiger partial charge in [0.1, 0.15) is 48.3 Å². The van der Waals surface area contributed by atoms with Crippen LogP contribution in [0.4, 0.5) is 0 Å². The molecule has 11 atom stereocenters. The third-order valence-corrected chi connectivity index (χ3v) is 13.8. The fourth-order valence-corrected chi connectivity index (χ4v) is 8.75. The first-order chi connectivity index (χ1) is 35.7. The van der Waals surface area contributed by atoms with Crippen LogP contribution in [-0.4, -0.2) is 191 Å². The van der Waals surface area contributed by atoms with Crippen molar-refractivity contribution in [3.05, 3.63) is 0 Å². The van der Waals surface area contributed by atoms with Crippen LogP contribution in [0.15, 0.2) is 4.99 Å². The molecular weight excluding hydrogens is 989 g/mol. The standard InChI is InChI=1S/C50H88N14O12/c1-12-18-32(42(69)59-39(28(7)13-2)45(72)57-33(19-16-22-54-50(51)52)48(75)64-23-17-20-34(64)43(70)53-15-4)56-47(74)41(30(9)65)61-46(73)40(29(8)14-3)60-44(71)38(27(5)6)58-36(67)25-55-37(68)26-62(11)49(76)35-21-24-63(35)31(10)66/h27-30,32-35,38-41,65H,12-26H2,1-11H3,(H,53,70)(H,55,68)(H,56,74)(H,57,72)(H,58,67)(H,59,69)(H,60,71)(H,61,73)(H4,51,52,54)/t28-,29-,30+,32-,33-,34-,35?,38-,39-,40+,41-/m0/s1. The van der Waals surface area contributed by atoms with Crippen LogP contribution >= 0.6 is 0 Å². The highest BCUT2D eigenvalue weighted by molar-refractivity contribution is 5.98. The Labute approximate surface area is 446 Å². The molecule has 0 aromatic rings. The lowest BCUT2D eigenvalue weighted by Gasteiger charge is -2.40. The maximum absolute atomic E-state index is 14.2. The summed E-state index contributed by atoms with van der Waals surface area (Å²) in [6.45, 7) is 16.8. The molecule has 76 heavy (non-hydrogen) atoms. The Morgan fingerprint density at radius 2 is 1.20 bits per heavy atom. The summed E-state index contributed by atoms with van der Waals surface area (Å²) >= 11 is 0. The third kappa shape index (κ3) is 19.8. The van der Waals surface area contributed by atoms with E-state index >= 15 is 0 Å². The molecule has 0 saturated carbocycles. The van der Waals surface area contributed by atoms with Crippen LogP contribution in [0.25, 0.3) is 0 Å². The van der Waals surface area contributed by atoms with E-state index in [-0.39, 0.29) is 43.7 Å². The molecule has 2 aliphatic heterocycles. The quantitative estimate of drug-likeness (QED) is 0.0190. The number of nitrogens with two attached hydrogens (primary N) is 2. The molecule has 0 aromatic heterocycles. The molecule has 2 saturated heterocycles. The molecule has 2 heterocycles. The molecule has 0 spiro atoms. The largest absolute Gasteiger partial charge is 0.391 e.